The van der Waals surface area contributed by atoms with E-state index < -0.39 is 10.0 Å². The van der Waals surface area contributed by atoms with Gasteiger partial charge in [0.15, 0.2) is 0 Å². The van der Waals surface area contributed by atoms with Crippen LogP contribution >= 0.6 is 0 Å². The van der Waals surface area contributed by atoms with Crippen LogP contribution in [0.15, 0.2) is 41.7 Å². The molecule has 0 fully saturated rings. The number of nitrogens with two attached hydrogens (primary N) is 1. The Morgan fingerprint density at radius 3 is 2.56 bits per heavy atom. The molecule has 4 N–H and O–H groups in total. The third kappa shape index (κ3) is 2.95. The predicted molar refractivity (Wildman–Crippen MR) is 66.9 cm³/mol. The minimum absolute atomic E-state index is 0.182. The molecule has 0 unspecified atom stereocenters. The van der Waals surface area contributed by atoms with Crippen LogP contribution in [0, 0.1) is 0 Å². The number of nitrogens with zero attached hydrogens (tertiary/aromatic N) is 1. The molecule has 0 saturated heterocycles. The molecule has 0 atom stereocenters. The summed E-state index contributed by atoms with van der Waals surface area (Å²) < 4.78 is 26.4. The van der Waals surface area contributed by atoms with Crippen LogP contribution in [-0.2, 0) is 23.1 Å². The molecule has 2 rings (SSSR count). The quantitative estimate of drug-likeness (QED) is 0.726. The van der Waals surface area contributed by atoms with Crippen molar-refractivity contribution in [2.24, 2.45) is 5.73 Å². The third-order valence-electron chi connectivity index (χ3n) is 2.48. The maximum Gasteiger partial charge on any atom is 0.240 e. The average Bonchev–Trinajstić information content (AvgIpc) is 2.90. The van der Waals surface area contributed by atoms with E-state index >= 15 is 0 Å². The van der Waals surface area contributed by atoms with E-state index in [0.717, 1.165) is 5.56 Å². The highest BCUT2D eigenvalue weighted by Crippen LogP contribution is 2.10. The highest BCUT2D eigenvalue weighted by atomic mass is 32.2. The smallest absolute Gasteiger partial charge is 0.240 e. The topological polar surface area (TPSA) is 101 Å². The van der Waals surface area contributed by atoms with E-state index in [2.05, 4.69) is 14.7 Å². The minimum atomic E-state index is -3.50. The van der Waals surface area contributed by atoms with Crippen LogP contribution in [0.4, 0.5) is 0 Å². The summed E-state index contributed by atoms with van der Waals surface area (Å²) in [7, 11) is -3.50. The molecule has 1 aromatic carbocycles. The number of aromatic nitrogens is 2. The van der Waals surface area contributed by atoms with Crippen molar-refractivity contribution in [2.45, 2.75) is 18.0 Å². The molecule has 96 valence electrons. The van der Waals surface area contributed by atoms with Gasteiger partial charge in [-0.1, -0.05) is 12.1 Å². The molecule has 0 amide bonds. The first-order valence-corrected chi connectivity index (χ1v) is 6.86. The fraction of sp³-hybridized carbons (Fsp3) is 0.182. The van der Waals surface area contributed by atoms with Crippen molar-refractivity contribution in [1.82, 2.24) is 14.7 Å². The fourth-order valence-corrected chi connectivity index (χ4v) is 2.45. The van der Waals surface area contributed by atoms with Gasteiger partial charge in [0.05, 0.1) is 17.8 Å². The summed E-state index contributed by atoms with van der Waals surface area (Å²) in [4.78, 5) is 6.86. The van der Waals surface area contributed by atoms with Gasteiger partial charge in [-0.25, -0.2) is 18.1 Å². The van der Waals surface area contributed by atoms with Crippen molar-refractivity contribution in [3.8, 4) is 0 Å². The molecule has 18 heavy (non-hydrogen) atoms. The summed E-state index contributed by atoms with van der Waals surface area (Å²) >= 11 is 0. The SMILES string of the molecule is NCc1ccc(S(=O)(=O)NCc2cnc[nH]2)cc1. The van der Waals surface area contributed by atoms with Crippen molar-refractivity contribution in [2.75, 3.05) is 0 Å². The second kappa shape index (κ2) is 5.30. The standard InChI is InChI=1S/C11H14N4O2S/c12-5-9-1-3-11(4-2-9)18(16,17)15-7-10-6-13-8-14-10/h1-4,6,8,15H,5,7,12H2,(H,13,14). The number of nitrogens with one attached hydrogen (secondary N) is 2. The second-order valence-electron chi connectivity index (χ2n) is 3.75. The first kappa shape index (κ1) is 12.7. The molecule has 7 heteroatoms. The van der Waals surface area contributed by atoms with E-state index in [-0.39, 0.29) is 11.4 Å². The van der Waals surface area contributed by atoms with Crippen molar-refractivity contribution in [3.63, 3.8) is 0 Å². The first-order chi connectivity index (χ1) is 8.62. The van der Waals surface area contributed by atoms with E-state index in [1.807, 2.05) is 0 Å². The molecule has 1 aromatic heterocycles. The average molecular weight is 266 g/mol. The lowest BCUT2D eigenvalue weighted by Gasteiger charge is -2.06. The monoisotopic (exact) mass is 266 g/mol. The molecular weight excluding hydrogens is 252 g/mol. The Morgan fingerprint density at radius 2 is 2.00 bits per heavy atom. The molecule has 0 aliphatic rings. The van der Waals surface area contributed by atoms with Gasteiger partial charge in [0.1, 0.15) is 0 Å². The summed E-state index contributed by atoms with van der Waals surface area (Å²) in [5, 5.41) is 0. The highest BCUT2D eigenvalue weighted by Gasteiger charge is 2.13. The van der Waals surface area contributed by atoms with Crippen molar-refractivity contribution < 1.29 is 8.42 Å². The van der Waals surface area contributed by atoms with E-state index in [0.29, 0.717) is 12.2 Å². The van der Waals surface area contributed by atoms with Gasteiger partial charge in [-0.3, -0.25) is 0 Å². The van der Waals surface area contributed by atoms with Gasteiger partial charge in [-0.05, 0) is 17.7 Å². The van der Waals surface area contributed by atoms with Gasteiger partial charge >= 0.3 is 0 Å². The molecule has 2 aromatic rings. The molecule has 0 bridgehead atoms. The predicted octanol–water partition coefficient (Wildman–Crippen LogP) is 0.347. The number of H-pyrrole nitrogens is 1. The summed E-state index contributed by atoms with van der Waals surface area (Å²) in [5.74, 6) is 0. The maximum absolute atomic E-state index is 12.0. The number of rotatable bonds is 5. The van der Waals surface area contributed by atoms with Gasteiger partial charge < -0.3 is 10.7 Å². The largest absolute Gasteiger partial charge is 0.347 e. The number of hydrogen-bond donors (Lipinski definition) is 3. The first-order valence-electron chi connectivity index (χ1n) is 5.38. The Morgan fingerprint density at radius 1 is 1.28 bits per heavy atom. The summed E-state index contributed by atoms with van der Waals surface area (Å²) in [6.07, 6.45) is 3.07. The molecule has 0 saturated carbocycles. The lowest BCUT2D eigenvalue weighted by Crippen LogP contribution is -2.23. The van der Waals surface area contributed by atoms with Gasteiger partial charge in [-0.2, -0.15) is 0 Å². The Labute approximate surface area is 105 Å². The number of aromatic amines is 1. The summed E-state index contributed by atoms with van der Waals surface area (Å²) in [5.41, 5.74) is 7.05. The lowest BCUT2D eigenvalue weighted by atomic mass is 10.2. The Kier molecular flexibility index (Phi) is 3.75. The third-order valence-corrected chi connectivity index (χ3v) is 3.89. The van der Waals surface area contributed by atoms with Crippen molar-refractivity contribution in [1.29, 1.82) is 0 Å². The molecule has 1 heterocycles. The van der Waals surface area contributed by atoms with Gasteiger partial charge in [-0.15, -0.1) is 0 Å². The van der Waals surface area contributed by atoms with Gasteiger partial charge in [0, 0.05) is 18.4 Å². The van der Waals surface area contributed by atoms with E-state index in [9.17, 15) is 8.42 Å². The fourth-order valence-electron chi connectivity index (χ4n) is 1.44. The minimum Gasteiger partial charge on any atom is -0.347 e. The number of imidazole rings is 1. The van der Waals surface area contributed by atoms with Crippen LogP contribution in [0.1, 0.15) is 11.3 Å². The van der Waals surface area contributed by atoms with Crippen LogP contribution in [0.2, 0.25) is 0 Å². The van der Waals surface area contributed by atoms with Crippen LogP contribution in [-0.4, -0.2) is 18.4 Å². The van der Waals surface area contributed by atoms with Crippen LogP contribution in [0.5, 0.6) is 0 Å². The highest BCUT2D eigenvalue weighted by molar-refractivity contribution is 7.89. The maximum atomic E-state index is 12.0. The molecule has 0 aliphatic heterocycles. The van der Waals surface area contributed by atoms with Crippen molar-refractivity contribution in [3.05, 3.63) is 48.0 Å². The van der Waals surface area contributed by atoms with Crippen LogP contribution in [0.3, 0.4) is 0 Å². The Bertz CT molecular complexity index is 590. The van der Waals surface area contributed by atoms with Gasteiger partial charge in [0.25, 0.3) is 0 Å². The normalized spacial score (nSPS) is 11.6. The Hall–Kier alpha value is -1.70. The van der Waals surface area contributed by atoms with Crippen LogP contribution in [0.25, 0.3) is 0 Å². The Balaban J connectivity index is 2.09. The molecular formula is C11H14N4O2S. The summed E-state index contributed by atoms with van der Waals surface area (Å²) in [6.45, 7) is 0.572. The van der Waals surface area contributed by atoms with E-state index in [1.54, 1.807) is 18.3 Å². The molecule has 0 radical (unpaired) electrons. The lowest BCUT2D eigenvalue weighted by molar-refractivity contribution is 0.580. The number of hydrogen-bond acceptors (Lipinski definition) is 4. The number of sulfonamides is 1. The zero-order chi connectivity index (χ0) is 13.0. The second-order valence-corrected chi connectivity index (χ2v) is 5.52. The zero-order valence-corrected chi connectivity index (χ0v) is 10.4. The number of benzene rings is 1. The molecule has 6 nitrogen and oxygen atoms in total. The van der Waals surface area contributed by atoms with Crippen molar-refractivity contribution >= 4 is 10.0 Å². The van der Waals surface area contributed by atoms with Crippen LogP contribution < -0.4 is 10.5 Å². The van der Waals surface area contributed by atoms with E-state index in [4.69, 9.17) is 5.73 Å². The summed E-state index contributed by atoms with van der Waals surface area (Å²) in [6, 6.07) is 6.48. The zero-order valence-electron chi connectivity index (χ0n) is 9.63. The van der Waals surface area contributed by atoms with Gasteiger partial charge in [0.2, 0.25) is 10.0 Å². The molecule has 0 spiro atoms. The van der Waals surface area contributed by atoms with E-state index in [1.165, 1.54) is 18.5 Å². The molecule has 0 aliphatic carbocycles.